The lowest BCUT2D eigenvalue weighted by molar-refractivity contribution is -0.384. The molecule has 4 atom stereocenters. The van der Waals surface area contributed by atoms with Crippen molar-refractivity contribution in [3.05, 3.63) is 142 Å². The number of anilines is 2. The molecule has 0 spiro atoms. The van der Waals surface area contributed by atoms with Crippen molar-refractivity contribution in [3.63, 3.8) is 0 Å². The standard InChI is InChI=1S/C34H25N3O6/c38-32-28-27-20-15-21-9-7-8-14-26(21)36(27)30(29(28)33(39)35(32)24-16-18-25(19-17-24)37(41)42)34(40)43-31(22-10-3-1-4-11-22)23-12-5-2-6-13-23/h1-20,27-31H/t27-,28-,29-,30-/m1/s1. The molecule has 0 unspecified atom stereocenters. The predicted octanol–water partition coefficient (Wildman–Crippen LogP) is 5.32. The van der Waals surface area contributed by atoms with Crippen LogP contribution in [-0.2, 0) is 19.1 Å². The van der Waals surface area contributed by atoms with E-state index < -0.39 is 52.7 Å². The van der Waals surface area contributed by atoms with Crippen LogP contribution in [0.5, 0.6) is 0 Å². The van der Waals surface area contributed by atoms with Crippen LogP contribution in [-0.4, -0.2) is 34.8 Å². The minimum atomic E-state index is -1.09. The van der Waals surface area contributed by atoms with Gasteiger partial charge in [-0.3, -0.25) is 19.7 Å². The number of non-ortho nitro benzene ring substituents is 1. The van der Waals surface area contributed by atoms with Crippen molar-refractivity contribution < 1.29 is 24.0 Å². The maximum absolute atomic E-state index is 14.4. The number of amides is 2. The second-order valence-electron chi connectivity index (χ2n) is 10.7. The Morgan fingerprint density at radius 3 is 1.98 bits per heavy atom. The molecule has 2 fully saturated rings. The van der Waals surface area contributed by atoms with Crippen molar-refractivity contribution in [3.8, 4) is 0 Å². The highest BCUT2D eigenvalue weighted by atomic mass is 16.6. The van der Waals surface area contributed by atoms with E-state index in [0.717, 1.165) is 27.3 Å². The number of hydrogen-bond donors (Lipinski definition) is 0. The third-order valence-corrected chi connectivity index (χ3v) is 8.41. The molecule has 212 valence electrons. The van der Waals surface area contributed by atoms with Gasteiger partial charge < -0.3 is 9.64 Å². The van der Waals surface area contributed by atoms with Crippen molar-refractivity contribution in [1.29, 1.82) is 0 Å². The summed E-state index contributed by atoms with van der Waals surface area (Å²) in [6.45, 7) is 0. The van der Waals surface area contributed by atoms with Crippen molar-refractivity contribution in [2.45, 2.75) is 18.2 Å². The fraction of sp³-hybridized carbons (Fsp3) is 0.147. The molecule has 0 saturated carbocycles. The van der Waals surface area contributed by atoms with Gasteiger partial charge in [-0.05, 0) is 34.9 Å². The molecule has 0 bridgehead atoms. The Balaban J connectivity index is 1.30. The Morgan fingerprint density at radius 2 is 1.35 bits per heavy atom. The third kappa shape index (κ3) is 4.28. The van der Waals surface area contributed by atoms with E-state index in [0.29, 0.717) is 0 Å². The number of nitro groups is 1. The second-order valence-corrected chi connectivity index (χ2v) is 10.7. The molecule has 9 nitrogen and oxygen atoms in total. The van der Waals surface area contributed by atoms with Gasteiger partial charge in [-0.25, -0.2) is 9.69 Å². The number of hydrogen-bond acceptors (Lipinski definition) is 7. The van der Waals surface area contributed by atoms with E-state index in [-0.39, 0.29) is 11.4 Å². The van der Waals surface area contributed by atoms with Gasteiger partial charge >= 0.3 is 5.97 Å². The first-order valence-corrected chi connectivity index (χ1v) is 13.9. The highest BCUT2D eigenvalue weighted by molar-refractivity contribution is 6.24. The monoisotopic (exact) mass is 571 g/mol. The largest absolute Gasteiger partial charge is 0.451 e. The normalized spacial score (nSPS) is 21.9. The van der Waals surface area contributed by atoms with E-state index in [1.54, 1.807) is 0 Å². The SMILES string of the molecule is O=C(OC(c1ccccc1)c1ccccc1)[C@H]1[C@@H]2C(=O)N(c3ccc([N+](=O)[O-])cc3)C(=O)[C@@H]2[C@H]2C=Cc3ccccc3N21. The molecule has 2 amide bonds. The zero-order chi connectivity index (χ0) is 29.7. The average molecular weight is 572 g/mol. The number of esters is 1. The van der Waals surface area contributed by atoms with Crippen LogP contribution in [0, 0.1) is 22.0 Å². The zero-order valence-electron chi connectivity index (χ0n) is 22.7. The Hall–Kier alpha value is -5.57. The predicted molar refractivity (Wildman–Crippen MR) is 159 cm³/mol. The van der Waals surface area contributed by atoms with Gasteiger partial charge in [-0.2, -0.15) is 0 Å². The number of fused-ring (bicyclic) bond motifs is 5. The van der Waals surface area contributed by atoms with Crippen LogP contribution in [0.1, 0.15) is 22.8 Å². The lowest BCUT2D eigenvalue weighted by Crippen LogP contribution is -2.49. The number of para-hydroxylation sites is 1. The smallest absolute Gasteiger partial charge is 0.330 e. The summed E-state index contributed by atoms with van der Waals surface area (Å²) in [7, 11) is 0. The molecular formula is C34H25N3O6. The first-order valence-electron chi connectivity index (χ1n) is 13.9. The van der Waals surface area contributed by atoms with Crippen LogP contribution in [0.3, 0.4) is 0 Å². The minimum Gasteiger partial charge on any atom is -0.451 e. The van der Waals surface area contributed by atoms with Gasteiger partial charge in [0, 0.05) is 17.8 Å². The molecule has 0 aromatic heterocycles. The number of carbonyl (C=O) groups excluding carboxylic acids is 3. The van der Waals surface area contributed by atoms with Crippen LogP contribution in [0.15, 0.2) is 115 Å². The molecule has 3 aliphatic heterocycles. The number of carbonyl (C=O) groups is 3. The summed E-state index contributed by atoms with van der Waals surface area (Å²) >= 11 is 0. The number of ether oxygens (including phenoxy) is 1. The highest BCUT2D eigenvalue weighted by Gasteiger charge is 2.65. The van der Waals surface area contributed by atoms with Gasteiger partial charge in [0.25, 0.3) is 5.69 Å². The first-order chi connectivity index (χ1) is 20.9. The summed E-state index contributed by atoms with van der Waals surface area (Å²) in [4.78, 5) is 56.0. The van der Waals surface area contributed by atoms with Gasteiger partial charge in [-0.15, -0.1) is 0 Å². The Bertz CT molecular complexity index is 1730. The summed E-state index contributed by atoms with van der Waals surface area (Å²) in [5, 5.41) is 11.2. The molecule has 9 heteroatoms. The van der Waals surface area contributed by atoms with Crippen molar-refractivity contribution in [2.24, 2.45) is 11.8 Å². The topological polar surface area (TPSA) is 110 Å². The number of nitrogens with zero attached hydrogens (tertiary/aromatic N) is 3. The van der Waals surface area contributed by atoms with Crippen LogP contribution < -0.4 is 9.80 Å². The van der Waals surface area contributed by atoms with E-state index in [9.17, 15) is 24.5 Å². The molecular weight excluding hydrogens is 546 g/mol. The summed E-state index contributed by atoms with van der Waals surface area (Å²) in [5.74, 6) is -3.49. The third-order valence-electron chi connectivity index (χ3n) is 8.41. The van der Waals surface area contributed by atoms with Gasteiger partial charge in [0.15, 0.2) is 6.10 Å². The summed E-state index contributed by atoms with van der Waals surface area (Å²) < 4.78 is 6.28. The molecule has 0 radical (unpaired) electrons. The van der Waals surface area contributed by atoms with Crippen molar-refractivity contribution >= 4 is 40.9 Å². The fourth-order valence-electron chi connectivity index (χ4n) is 6.53. The van der Waals surface area contributed by atoms with Crippen LogP contribution >= 0.6 is 0 Å². The Labute approximate surface area is 246 Å². The Kier molecular flexibility index (Phi) is 6.35. The molecule has 2 saturated heterocycles. The van der Waals surface area contributed by atoms with Crippen LogP contribution in [0.2, 0.25) is 0 Å². The first kappa shape index (κ1) is 26.3. The van der Waals surface area contributed by atoms with Crippen LogP contribution in [0.25, 0.3) is 6.08 Å². The number of rotatable bonds is 6. The second kappa shape index (κ2) is 10.4. The summed E-state index contributed by atoms with van der Waals surface area (Å²) in [5.41, 5.74) is 3.22. The molecule has 3 aliphatic rings. The molecule has 0 N–H and O–H groups in total. The molecule has 4 aromatic rings. The van der Waals surface area contributed by atoms with Gasteiger partial charge in [0.05, 0.1) is 28.5 Å². The lowest BCUT2D eigenvalue weighted by Gasteiger charge is -2.36. The number of imide groups is 1. The van der Waals surface area contributed by atoms with Crippen molar-refractivity contribution in [1.82, 2.24) is 0 Å². The van der Waals surface area contributed by atoms with Crippen molar-refractivity contribution in [2.75, 3.05) is 9.80 Å². The summed E-state index contributed by atoms with van der Waals surface area (Å²) in [6, 6.07) is 29.9. The van der Waals surface area contributed by atoms with Crippen LogP contribution in [0.4, 0.5) is 17.1 Å². The lowest BCUT2D eigenvalue weighted by atomic mass is 9.88. The van der Waals surface area contributed by atoms with Gasteiger partial charge in [0.2, 0.25) is 11.8 Å². The zero-order valence-corrected chi connectivity index (χ0v) is 22.7. The maximum atomic E-state index is 14.4. The fourth-order valence-corrected chi connectivity index (χ4v) is 6.53. The maximum Gasteiger partial charge on any atom is 0.330 e. The molecule has 3 heterocycles. The number of benzene rings is 4. The number of nitro benzene ring substituents is 1. The van der Waals surface area contributed by atoms with E-state index in [1.165, 1.54) is 24.3 Å². The quantitative estimate of drug-likeness (QED) is 0.133. The molecule has 7 rings (SSSR count). The Morgan fingerprint density at radius 1 is 0.767 bits per heavy atom. The average Bonchev–Trinajstić information content (AvgIpc) is 3.53. The van der Waals surface area contributed by atoms with Gasteiger partial charge in [0.1, 0.15) is 6.04 Å². The van der Waals surface area contributed by atoms with E-state index in [2.05, 4.69) is 0 Å². The van der Waals surface area contributed by atoms with E-state index in [4.69, 9.17) is 4.74 Å². The molecule has 43 heavy (non-hydrogen) atoms. The van der Waals surface area contributed by atoms with E-state index in [1.807, 2.05) is 102 Å². The minimum absolute atomic E-state index is 0.157. The highest BCUT2D eigenvalue weighted by Crippen LogP contribution is 2.50. The van der Waals surface area contributed by atoms with E-state index >= 15 is 0 Å². The van der Waals surface area contributed by atoms with Gasteiger partial charge in [-0.1, -0.05) is 91.0 Å². The summed E-state index contributed by atoms with van der Waals surface area (Å²) in [6.07, 6.45) is 3.04. The molecule has 4 aromatic carbocycles. The molecule has 0 aliphatic carbocycles.